The van der Waals surface area contributed by atoms with Crippen LogP contribution in [0.1, 0.15) is 44.8 Å². The van der Waals surface area contributed by atoms with Gasteiger partial charge in [0.05, 0.1) is 5.56 Å². The first-order chi connectivity index (χ1) is 19.5. The molecule has 0 bridgehead atoms. The van der Waals surface area contributed by atoms with Crippen molar-refractivity contribution >= 4 is 0 Å². The van der Waals surface area contributed by atoms with Gasteiger partial charge in [-0.15, -0.1) is 0 Å². The Kier molecular flexibility index (Phi) is 5.61. The van der Waals surface area contributed by atoms with Gasteiger partial charge in [0.2, 0.25) is 0 Å². The summed E-state index contributed by atoms with van der Waals surface area (Å²) in [4.78, 5) is 0. The number of aryl methyl sites for hydroxylation is 3. The summed E-state index contributed by atoms with van der Waals surface area (Å²) < 4.78 is 5.07. The quantitative estimate of drug-likeness (QED) is 0.208. The van der Waals surface area contributed by atoms with Gasteiger partial charge >= 0.3 is 0 Å². The second-order valence-electron chi connectivity index (χ2n) is 11.0. The number of imidazole rings is 1. The zero-order valence-corrected chi connectivity index (χ0v) is 23.5. The Morgan fingerprint density at radius 3 is 1.68 bits per heavy atom. The second kappa shape index (κ2) is 9.20. The number of para-hydroxylation sites is 2. The third-order valence-electron chi connectivity index (χ3n) is 8.70. The van der Waals surface area contributed by atoms with Gasteiger partial charge in [0.15, 0.2) is 11.4 Å². The van der Waals surface area contributed by atoms with E-state index in [0.29, 0.717) is 0 Å². The molecule has 0 aliphatic carbocycles. The van der Waals surface area contributed by atoms with Crippen molar-refractivity contribution in [2.75, 3.05) is 0 Å². The lowest BCUT2D eigenvalue weighted by molar-refractivity contribution is -0.586. The maximum absolute atomic E-state index is 2.56. The molecule has 0 fully saturated rings. The van der Waals surface area contributed by atoms with Gasteiger partial charge in [-0.2, -0.15) is 9.13 Å². The molecule has 194 valence electrons. The molecular weight excluding hydrogens is 484 g/mol. The molecule has 0 unspecified atom stereocenters. The predicted molar refractivity (Wildman–Crippen MR) is 164 cm³/mol. The summed E-state index contributed by atoms with van der Waals surface area (Å²) >= 11 is 0. The van der Waals surface area contributed by atoms with Gasteiger partial charge in [-0.05, 0) is 60.7 Å². The zero-order valence-electron chi connectivity index (χ0n) is 23.5. The Bertz CT molecular complexity index is 1820. The van der Waals surface area contributed by atoms with Crippen LogP contribution in [0, 0.1) is 27.7 Å². The Hall–Kier alpha value is -4.69. The number of nitrogens with zero attached hydrogens (tertiary/aromatic N) is 2. The van der Waals surface area contributed by atoms with Crippen molar-refractivity contribution < 1.29 is 4.57 Å². The van der Waals surface area contributed by atoms with Gasteiger partial charge in [-0.25, -0.2) is 0 Å². The number of benzene rings is 5. The van der Waals surface area contributed by atoms with Gasteiger partial charge in [0.1, 0.15) is 16.8 Å². The fraction of sp³-hybridized carbons (Fsp3) is 0.132. The molecule has 0 radical (unpaired) electrons. The Labute approximate surface area is 236 Å². The van der Waals surface area contributed by atoms with E-state index in [1.165, 1.54) is 67.5 Å². The highest BCUT2D eigenvalue weighted by molar-refractivity contribution is 5.72. The lowest BCUT2D eigenvalue weighted by atomic mass is 9.68. The minimum absolute atomic E-state index is 0.470. The first-order valence-electron chi connectivity index (χ1n) is 14.1. The average molecular weight is 518 g/mol. The third-order valence-corrected chi connectivity index (χ3v) is 8.70. The van der Waals surface area contributed by atoms with Crippen LogP contribution in [0.5, 0.6) is 0 Å². The molecule has 1 aliphatic rings. The lowest BCUT2D eigenvalue weighted by Gasteiger charge is -2.30. The summed E-state index contributed by atoms with van der Waals surface area (Å²) in [6.07, 6.45) is 0. The monoisotopic (exact) mass is 517 g/mol. The highest BCUT2D eigenvalue weighted by Gasteiger charge is 2.55. The third kappa shape index (κ3) is 3.26. The van der Waals surface area contributed by atoms with Gasteiger partial charge in [-0.1, -0.05) is 115 Å². The van der Waals surface area contributed by atoms with Gasteiger partial charge in [-0.3, -0.25) is 0 Å². The number of hydrogen-bond acceptors (Lipinski definition) is 0. The molecule has 2 heteroatoms. The first-order valence-corrected chi connectivity index (χ1v) is 14.1. The number of aromatic nitrogens is 2. The van der Waals surface area contributed by atoms with E-state index in [9.17, 15) is 0 Å². The molecule has 2 nitrogen and oxygen atoms in total. The van der Waals surface area contributed by atoms with Crippen molar-refractivity contribution in [2.45, 2.75) is 33.1 Å². The number of fused-ring (bicyclic) bond motifs is 3. The number of hydrogen-bond donors (Lipinski definition) is 0. The molecule has 0 N–H and O–H groups in total. The van der Waals surface area contributed by atoms with Gasteiger partial charge < -0.3 is 0 Å². The first kappa shape index (κ1) is 24.4. The van der Waals surface area contributed by atoms with E-state index in [0.717, 1.165) is 0 Å². The van der Waals surface area contributed by atoms with Crippen LogP contribution in [-0.4, -0.2) is 4.57 Å². The summed E-state index contributed by atoms with van der Waals surface area (Å²) in [5.41, 5.74) is 13.5. The molecule has 1 aliphatic heterocycles. The summed E-state index contributed by atoms with van der Waals surface area (Å²) in [6, 6.07) is 46.5. The molecule has 5 aromatic carbocycles. The van der Waals surface area contributed by atoms with Crippen molar-refractivity contribution in [3.8, 4) is 22.8 Å². The SMILES string of the molecule is Cc1ccccc1-n1c(C)c2[n+](c1-c1c(C)cccc1C)-c1ccccc1C2(c1ccccc1)c1ccccc1. The van der Waals surface area contributed by atoms with Crippen molar-refractivity contribution in [3.05, 3.63) is 172 Å². The van der Waals surface area contributed by atoms with Crippen LogP contribution < -0.4 is 4.57 Å². The van der Waals surface area contributed by atoms with Crippen molar-refractivity contribution in [1.82, 2.24) is 4.57 Å². The molecule has 0 saturated carbocycles. The molecule has 2 heterocycles. The highest BCUT2D eigenvalue weighted by Crippen LogP contribution is 2.52. The molecule has 0 saturated heterocycles. The van der Waals surface area contributed by atoms with Crippen LogP contribution in [0.2, 0.25) is 0 Å². The van der Waals surface area contributed by atoms with Crippen molar-refractivity contribution in [2.24, 2.45) is 0 Å². The van der Waals surface area contributed by atoms with Crippen LogP contribution in [0.4, 0.5) is 0 Å². The van der Waals surface area contributed by atoms with E-state index in [4.69, 9.17) is 0 Å². The van der Waals surface area contributed by atoms with E-state index in [-0.39, 0.29) is 0 Å². The van der Waals surface area contributed by atoms with E-state index in [2.05, 4.69) is 164 Å². The fourth-order valence-electron chi connectivity index (χ4n) is 7.05. The van der Waals surface area contributed by atoms with Crippen LogP contribution in [0.3, 0.4) is 0 Å². The van der Waals surface area contributed by atoms with Crippen molar-refractivity contribution in [3.63, 3.8) is 0 Å². The molecular formula is C38H33N2+. The van der Waals surface area contributed by atoms with Crippen LogP contribution in [0.25, 0.3) is 22.8 Å². The van der Waals surface area contributed by atoms with Gasteiger partial charge in [0.25, 0.3) is 5.82 Å². The Balaban J connectivity index is 1.75. The normalized spacial score (nSPS) is 13.2. The standard InChI is InChI=1S/C38H33N2/c1-26-16-11-13-24-33(26)39-29(4)36-38(30-19-7-5-8-20-30,31-21-9-6-10-22-31)32-23-12-14-25-34(32)40(36)37(39)35-27(2)17-15-18-28(35)3/h5-25H,1-4H3/q+1. The second-order valence-corrected chi connectivity index (χ2v) is 11.0. The molecule has 0 spiro atoms. The topological polar surface area (TPSA) is 8.81 Å². The van der Waals surface area contributed by atoms with Gasteiger partial charge in [0, 0.05) is 12.5 Å². The predicted octanol–water partition coefficient (Wildman–Crippen LogP) is 8.35. The number of rotatable bonds is 4. The highest BCUT2D eigenvalue weighted by atomic mass is 15.2. The van der Waals surface area contributed by atoms with Crippen LogP contribution >= 0.6 is 0 Å². The van der Waals surface area contributed by atoms with Crippen molar-refractivity contribution in [1.29, 1.82) is 0 Å². The Morgan fingerprint density at radius 1 is 0.525 bits per heavy atom. The molecule has 7 rings (SSSR count). The summed E-state index contributed by atoms with van der Waals surface area (Å²) in [7, 11) is 0. The average Bonchev–Trinajstić information content (AvgIpc) is 3.45. The van der Waals surface area contributed by atoms with E-state index in [1.54, 1.807) is 0 Å². The zero-order chi connectivity index (χ0) is 27.4. The van der Waals surface area contributed by atoms with E-state index in [1.807, 2.05) is 0 Å². The lowest BCUT2D eigenvalue weighted by Crippen LogP contribution is -2.38. The maximum atomic E-state index is 2.56. The molecule has 6 aromatic rings. The molecule has 0 atom stereocenters. The summed E-state index contributed by atoms with van der Waals surface area (Å²) in [5, 5.41) is 0. The minimum atomic E-state index is -0.470. The minimum Gasteiger partial charge on any atom is -0.192 e. The summed E-state index contributed by atoms with van der Waals surface area (Å²) in [5.74, 6) is 1.21. The summed E-state index contributed by atoms with van der Waals surface area (Å²) in [6.45, 7) is 9.00. The molecule has 1 aromatic heterocycles. The largest absolute Gasteiger partial charge is 0.300 e. The molecule has 0 amide bonds. The van der Waals surface area contributed by atoms with Crippen LogP contribution in [-0.2, 0) is 5.41 Å². The smallest absolute Gasteiger partial charge is 0.192 e. The van der Waals surface area contributed by atoms with E-state index >= 15 is 0 Å². The van der Waals surface area contributed by atoms with Crippen LogP contribution in [0.15, 0.2) is 127 Å². The fourth-order valence-corrected chi connectivity index (χ4v) is 7.05. The molecule has 40 heavy (non-hydrogen) atoms. The Morgan fingerprint density at radius 2 is 1.05 bits per heavy atom. The maximum Gasteiger partial charge on any atom is 0.300 e. The van der Waals surface area contributed by atoms with E-state index < -0.39 is 5.41 Å².